The zero-order chi connectivity index (χ0) is 14.5. The van der Waals surface area contributed by atoms with Crippen molar-refractivity contribution < 1.29 is 14.7 Å². The Kier molecular flexibility index (Phi) is 5.03. The molecule has 108 valence electrons. The normalized spacial score (nSPS) is 15.4. The number of aliphatic hydroxyl groups is 1. The van der Waals surface area contributed by atoms with Gasteiger partial charge in [0.05, 0.1) is 18.3 Å². The molecule has 1 aromatic rings. The lowest BCUT2D eigenvalue weighted by Crippen LogP contribution is -2.49. The smallest absolute Gasteiger partial charge is 0.316 e. The molecule has 2 rings (SSSR count). The van der Waals surface area contributed by atoms with E-state index in [9.17, 15) is 9.59 Å². The first-order valence-electron chi connectivity index (χ1n) is 6.62. The van der Waals surface area contributed by atoms with Crippen LogP contribution in [0.15, 0.2) is 29.2 Å². The Bertz CT molecular complexity index is 503. The first-order valence-corrected chi connectivity index (χ1v) is 7.61. The highest BCUT2D eigenvalue weighted by atomic mass is 32.2. The van der Waals surface area contributed by atoms with Gasteiger partial charge in [-0.3, -0.25) is 9.59 Å². The zero-order valence-electron chi connectivity index (χ0n) is 11.3. The average molecular weight is 294 g/mol. The summed E-state index contributed by atoms with van der Waals surface area (Å²) in [5.74, 6) is -0.454. The van der Waals surface area contributed by atoms with Crippen molar-refractivity contribution in [2.45, 2.75) is 24.3 Å². The molecule has 0 radical (unpaired) electrons. The van der Waals surface area contributed by atoms with Crippen LogP contribution < -0.4 is 10.2 Å². The molecule has 1 aromatic carbocycles. The van der Waals surface area contributed by atoms with Crippen molar-refractivity contribution in [3.63, 3.8) is 0 Å². The summed E-state index contributed by atoms with van der Waals surface area (Å²) in [6, 6.07) is 7.18. The molecular weight excluding hydrogens is 276 g/mol. The topological polar surface area (TPSA) is 69.6 Å². The van der Waals surface area contributed by atoms with Gasteiger partial charge in [-0.2, -0.15) is 0 Å². The number of thioether (sulfide) groups is 1. The van der Waals surface area contributed by atoms with E-state index in [1.165, 1.54) is 4.90 Å². The summed E-state index contributed by atoms with van der Waals surface area (Å²) in [6.45, 7) is 2.20. The fourth-order valence-electron chi connectivity index (χ4n) is 2.03. The second-order valence-electron chi connectivity index (χ2n) is 4.53. The van der Waals surface area contributed by atoms with Crippen molar-refractivity contribution in [3.8, 4) is 0 Å². The van der Waals surface area contributed by atoms with Gasteiger partial charge in [0.2, 0.25) is 0 Å². The number of nitrogens with one attached hydrogen (secondary N) is 1. The molecule has 2 N–H and O–H groups in total. The number of hydrogen-bond donors (Lipinski definition) is 2. The van der Waals surface area contributed by atoms with Gasteiger partial charge < -0.3 is 15.3 Å². The lowest BCUT2D eigenvalue weighted by Gasteiger charge is -2.28. The van der Waals surface area contributed by atoms with Crippen LogP contribution in [-0.4, -0.2) is 41.9 Å². The van der Waals surface area contributed by atoms with Crippen LogP contribution in [0.1, 0.15) is 13.3 Å². The summed E-state index contributed by atoms with van der Waals surface area (Å²) in [6.07, 6.45) is 0.585. The number of carbonyl (C=O) groups is 2. The predicted octanol–water partition coefficient (Wildman–Crippen LogP) is 1.01. The van der Waals surface area contributed by atoms with Crippen molar-refractivity contribution in [3.05, 3.63) is 24.3 Å². The van der Waals surface area contributed by atoms with Crippen LogP contribution >= 0.6 is 11.8 Å². The van der Waals surface area contributed by atoms with Gasteiger partial charge >= 0.3 is 11.8 Å². The van der Waals surface area contributed by atoms with E-state index in [4.69, 9.17) is 5.11 Å². The Morgan fingerprint density at radius 2 is 2.20 bits per heavy atom. The molecule has 0 aliphatic carbocycles. The number of fused-ring (bicyclic) bond motifs is 1. The van der Waals surface area contributed by atoms with Crippen LogP contribution in [0.5, 0.6) is 0 Å². The van der Waals surface area contributed by atoms with Crippen molar-refractivity contribution in [1.82, 2.24) is 5.32 Å². The molecule has 2 amide bonds. The van der Waals surface area contributed by atoms with Crippen LogP contribution in [-0.2, 0) is 9.59 Å². The third-order valence-electron chi connectivity index (χ3n) is 3.22. The van der Waals surface area contributed by atoms with Gasteiger partial charge in [-0.25, -0.2) is 0 Å². The lowest BCUT2D eigenvalue weighted by atomic mass is 10.2. The number of benzene rings is 1. The van der Waals surface area contributed by atoms with Crippen LogP contribution in [0, 0.1) is 0 Å². The molecule has 0 bridgehead atoms. The molecule has 5 nitrogen and oxygen atoms in total. The van der Waals surface area contributed by atoms with E-state index < -0.39 is 11.8 Å². The van der Waals surface area contributed by atoms with E-state index in [0.29, 0.717) is 13.0 Å². The molecule has 20 heavy (non-hydrogen) atoms. The highest BCUT2D eigenvalue weighted by Crippen LogP contribution is 2.34. The number of rotatable bonds is 3. The fraction of sp³-hybridized carbons (Fsp3) is 0.429. The molecular formula is C14H18N2O3S. The average Bonchev–Trinajstić information content (AvgIpc) is 2.51. The predicted molar refractivity (Wildman–Crippen MR) is 78.8 cm³/mol. The maximum Gasteiger partial charge on any atom is 0.316 e. The second-order valence-corrected chi connectivity index (χ2v) is 5.67. The summed E-state index contributed by atoms with van der Waals surface area (Å²) in [5, 5.41) is 11.6. The van der Waals surface area contributed by atoms with E-state index in [1.54, 1.807) is 11.8 Å². The molecule has 6 heteroatoms. The zero-order valence-corrected chi connectivity index (χ0v) is 12.2. The minimum atomic E-state index is -0.660. The van der Waals surface area contributed by atoms with Crippen LogP contribution in [0.3, 0.4) is 0 Å². The van der Waals surface area contributed by atoms with Gasteiger partial charge in [-0.1, -0.05) is 19.1 Å². The van der Waals surface area contributed by atoms with Crippen molar-refractivity contribution in [1.29, 1.82) is 0 Å². The first kappa shape index (κ1) is 14.9. The number of hydrogen-bond acceptors (Lipinski definition) is 4. The Hall–Kier alpha value is -1.53. The Morgan fingerprint density at radius 3 is 2.90 bits per heavy atom. The Morgan fingerprint density at radius 1 is 1.45 bits per heavy atom. The molecule has 1 aliphatic heterocycles. The number of amides is 2. The number of anilines is 1. The Labute approximate surface area is 122 Å². The SMILES string of the molecule is CC[C@@H](CO)NC(=O)C(=O)N1CCSc2ccccc21. The highest BCUT2D eigenvalue weighted by Gasteiger charge is 2.28. The third-order valence-corrected chi connectivity index (χ3v) is 4.26. The van der Waals surface area contributed by atoms with Crippen molar-refractivity contribution in [2.75, 3.05) is 23.8 Å². The highest BCUT2D eigenvalue weighted by molar-refractivity contribution is 7.99. The molecule has 0 unspecified atom stereocenters. The standard InChI is InChI=1S/C14H18N2O3S/c1-2-10(9-17)15-13(18)14(19)16-7-8-20-12-6-4-3-5-11(12)16/h3-6,10,17H,2,7-9H2,1H3,(H,15,18)/t10-/m0/s1. The van der Waals surface area contributed by atoms with Gasteiger partial charge in [0.15, 0.2) is 0 Å². The maximum atomic E-state index is 12.3. The number of carbonyl (C=O) groups excluding carboxylic acids is 2. The second kappa shape index (κ2) is 6.76. The van der Waals surface area contributed by atoms with E-state index in [2.05, 4.69) is 5.32 Å². The molecule has 0 saturated carbocycles. The molecule has 1 heterocycles. The van der Waals surface area contributed by atoms with Gasteiger partial charge in [0.25, 0.3) is 0 Å². The number of aliphatic hydroxyl groups excluding tert-OH is 1. The minimum Gasteiger partial charge on any atom is -0.394 e. The summed E-state index contributed by atoms with van der Waals surface area (Å²) in [5.41, 5.74) is 0.779. The van der Waals surface area contributed by atoms with E-state index in [0.717, 1.165) is 16.3 Å². The van der Waals surface area contributed by atoms with Gasteiger partial charge in [0, 0.05) is 17.2 Å². The maximum absolute atomic E-state index is 12.3. The molecule has 1 aliphatic rings. The minimum absolute atomic E-state index is 0.165. The third kappa shape index (κ3) is 3.13. The van der Waals surface area contributed by atoms with Gasteiger partial charge in [-0.15, -0.1) is 11.8 Å². The monoisotopic (exact) mass is 294 g/mol. The molecule has 0 aromatic heterocycles. The number of para-hydroxylation sites is 1. The van der Waals surface area contributed by atoms with E-state index in [1.807, 2.05) is 31.2 Å². The quantitative estimate of drug-likeness (QED) is 0.816. The van der Waals surface area contributed by atoms with Gasteiger partial charge in [0.1, 0.15) is 0 Å². The molecule has 1 atom stereocenters. The first-order chi connectivity index (χ1) is 9.67. The summed E-state index contributed by atoms with van der Waals surface area (Å²) in [4.78, 5) is 26.7. The van der Waals surface area contributed by atoms with Gasteiger partial charge in [-0.05, 0) is 18.6 Å². The molecule has 0 fully saturated rings. The van der Waals surface area contributed by atoms with E-state index >= 15 is 0 Å². The van der Waals surface area contributed by atoms with E-state index in [-0.39, 0.29) is 12.6 Å². The summed E-state index contributed by atoms with van der Waals surface area (Å²) < 4.78 is 0. The van der Waals surface area contributed by atoms with Crippen molar-refractivity contribution >= 4 is 29.3 Å². The lowest BCUT2D eigenvalue weighted by molar-refractivity contribution is -0.138. The van der Waals surface area contributed by atoms with Crippen LogP contribution in [0.4, 0.5) is 5.69 Å². The summed E-state index contributed by atoms with van der Waals surface area (Å²) >= 11 is 1.68. The van der Waals surface area contributed by atoms with Crippen LogP contribution in [0.2, 0.25) is 0 Å². The van der Waals surface area contributed by atoms with Crippen LogP contribution in [0.25, 0.3) is 0 Å². The summed E-state index contributed by atoms with van der Waals surface area (Å²) in [7, 11) is 0. The van der Waals surface area contributed by atoms with Crippen molar-refractivity contribution in [2.24, 2.45) is 0 Å². The Balaban J connectivity index is 2.12. The fourth-order valence-corrected chi connectivity index (χ4v) is 3.02. The molecule has 0 spiro atoms. The largest absolute Gasteiger partial charge is 0.394 e. The number of nitrogens with zero attached hydrogens (tertiary/aromatic N) is 1. The molecule has 0 saturated heterocycles.